The number of hydrogen-bond acceptors (Lipinski definition) is 6. The van der Waals surface area contributed by atoms with E-state index in [9.17, 15) is 9.59 Å². The maximum absolute atomic E-state index is 12.3. The molecule has 0 saturated heterocycles. The van der Waals surface area contributed by atoms with Crippen molar-refractivity contribution >= 4 is 45.3 Å². The van der Waals surface area contributed by atoms with Gasteiger partial charge in [-0.1, -0.05) is 52.0 Å². The van der Waals surface area contributed by atoms with Gasteiger partial charge >= 0.3 is 5.97 Å². The standard InChI is InChI=1S/C20H17BrN2O4S/c1-2-26-19(25)15-5-3-4-6-16(15)23-18(24)12-28-20-22-11-17(27-20)13-7-9-14(21)10-8-13/h3-11H,2,12H2,1H3,(H,23,24). The predicted molar refractivity (Wildman–Crippen MR) is 111 cm³/mol. The fraction of sp³-hybridized carbons (Fsp3) is 0.150. The van der Waals surface area contributed by atoms with Crippen LogP contribution in [0.5, 0.6) is 0 Å². The first-order valence-corrected chi connectivity index (χ1v) is 10.2. The molecule has 0 fully saturated rings. The van der Waals surface area contributed by atoms with Crippen LogP contribution in [0.25, 0.3) is 11.3 Å². The molecule has 0 saturated carbocycles. The third kappa shape index (κ3) is 5.24. The van der Waals surface area contributed by atoms with Gasteiger partial charge in [0.25, 0.3) is 5.22 Å². The van der Waals surface area contributed by atoms with Gasteiger partial charge in [0.2, 0.25) is 5.91 Å². The maximum Gasteiger partial charge on any atom is 0.340 e. The van der Waals surface area contributed by atoms with E-state index in [1.807, 2.05) is 24.3 Å². The number of ether oxygens (including phenoxy) is 1. The summed E-state index contributed by atoms with van der Waals surface area (Å²) < 4.78 is 11.7. The Morgan fingerprint density at radius 3 is 2.68 bits per heavy atom. The highest BCUT2D eigenvalue weighted by atomic mass is 79.9. The average molecular weight is 461 g/mol. The number of carbonyl (C=O) groups excluding carboxylic acids is 2. The summed E-state index contributed by atoms with van der Waals surface area (Å²) >= 11 is 4.57. The SMILES string of the molecule is CCOC(=O)c1ccccc1NC(=O)CSc1ncc(-c2ccc(Br)cc2)o1. The van der Waals surface area contributed by atoms with Crippen molar-refractivity contribution in [3.05, 3.63) is 64.8 Å². The summed E-state index contributed by atoms with van der Waals surface area (Å²) in [6.07, 6.45) is 1.62. The van der Waals surface area contributed by atoms with Gasteiger partial charge in [-0.15, -0.1) is 0 Å². The quantitative estimate of drug-likeness (QED) is 0.394. The van der Waals surface area contributed by atoms with Crippen LogP contribution < -0.4 is 5.32 Å². The number of nitrogens with one attached hydrogen (secondary N) is 1. The Balaban J connectivity index is 1.60. The molecular formula is C20H17BrN2O4S. The summed E-state index contributed by atoms with van der Waals surface area (Å²) in [5.41, 5.74) is 1.63. The number of thioether (sulfide) groups is 1. The Kier molecular flexibility index (Phi) is 6.89. The molecule has 28 heavy (non-hydrogen) atoms. The molecule has 144 valence electrons. The lowest BCUT2D eigenvalue weighted by molar-refractivity contribution is -0.113. The highest BCUT2D eigenvalue weighted by molar-refractivity contribution is 9.10. The number of oxazole rings is 1. The maximum atomic E-state index is 12.3. The van der Waals surface area contributed by atoms with Gasteiger partial charge in [-0.2, -0.15) is 0 Å². The molecule has 8 heteroatoms. The van der Waals surface area contributed by atoms with Crippen LogP contribution >= 0.6 is 27.7 Å². The van der Waals surface area contributed by atoms with Crippen molar-refractivity contribution in [3.63, 3.8) is 0 Å². The topological polar surface area (TPSA) is 81.4 Å². The van der Waals surface area contributed by atoms with Crippen LogP contribution in [0.15, 0.2) is 68.8 Å². The number of carbonyl (C=O) groups is 2. The van der Waals surface area contributed by atoms with Crippen molar-refractivity contribution in [3.8, 4) is 11.3 Å². The number of para-hydroxylation sites is 1. The number of hydrogen-bond donors (Lipinski definition) is 1. The third-order valence-electron chi connectivity index (χ3n) is 3.64. The number of nitrogens with zero attached hydrogens (tertiary/aromatic N) is 1. The normalized spacial score (nSPS) is 10.5. The number of esters is 1. The van der Waals surface area contributed by atoms with Gasteiger partial charge in [0, 0.05) is 10.0 Å². The molecule has 6 nitrogen and oxygen atoms in total. The number of halogens is 1. The molecule has 0 aliphatic rings. The minimum atomic E-state index is -0.474. The zero-order valence-corrected chi connectivity index (χ0v) is 17.4. The van der Waals surface area contributed by atoms with E-state index < -0.39 is 5.97 Å². The van der Waals surface area contributed by atoms with Crippen LogP contribution in [0, 0.1) is 0 Å². The van der Waals surface area contributed by atoms with Gasteiger partial charge in [-0.25, -0.2) is 9.78 Å². The molecule has 0 unspecified atom stereocenters. The summed E-state index contributed by atoms with van der Waals surface area (Å²) in [6.45, 7) is 2.00. The lowest BCUT2D eigenvalue weighted by Gasteiger charge is -2.09. The van der Waals surface area contributed by atoms with Crippen molar-refractivity contribution in [1.82, 2.24) is 4.98 Å². The first-order valence-electron chi connectivity index (χ1n) is 8.47. The second-order valence-electron chi connectivity index (χ2n) is 5.60. The van der Waals surface area contributed by atoms with Gasteiger partial charge < -0.3 is 14.5 Å². The van der Waals surface area contributed by atoms with E-state index in [1.165, 1.54) is 11.8 Å². The molecule has 0 aliphatic heterocycles. The van der Waals surface area contributed by atoms with E-state index in [1.54, 1.807) is 37.4 Å². The fourth-order valence-electron chi connectivity index (χ4n) is 2.36. The van der Waals surface area contributed by atoms with Crippen molar-refractivity contribution in [2.24, 2.45) is 0 Å². The van der Waals surface area contributed by atoms with Gasteiger partial charge in [0.1, 0.15) is 0 Å². The highest BCUT2D eigenvalue weighted by Gasteiger charge is 2.15. The molecule has 1 heterocycles. The monoisotopic (exact) mass is 460 g/mol. The second kappa shape index (κ2) is 9.57. The molecule has 1 N–H and O–H groups in total. The number of rotatable bonds is 7. The highest BCUT2D eigenvalue weighted by Crippen LogP contribution is 2.26. The number of benzene rings is 2. The summed E-state index contributed by atoms with van der Waals surface area (Å²) in [5.74, 6) is -0.0247. The van der Waals surface area contributed by atoms with Crippen LogP contribution in [0.2, 0.25) is 0 Å². The molecular weight excluding hydrogens is 444 g/mol. The Labute approximate surface area is 174 Å². The molecule has 0 spiro atoms. The first kappa shape index (κ1) is 20.2. The smallest absolute Gasteiger partial charge is 0.340 e. The molecule has 2 aromatic carbocycles. The van der Waals surface area contributed by atoms with Crippen LogP contribution in [-0.2, 0) is 9.53 Å². The summed E-state index contributed by atoms with van der Waals surface area (Å²) in [4.78, 5) is 28.4. The van der Waals surface area contributed by atoms with Crippen LogP contribution in [0.4, 0.5) is 5.69 Å². The van der Waals surface area contributed by atoms with Crippen LogP contribution in [0.3, 0.4) is 0 Å². The molecule has 3 rings (SSSR count). The summed E-state index contributed by atoms with van der Waals surface area (Å²) in [6, 6.07) is 14.4. The number of aromatic nitrogens is 1. The van der Waals surface area contributed by atoms with Gasteiger partial charge in [-0.05, 0) is 31.2 Å². The van der Waals surface area contributed by atoms with Crippen molar-refractivity contribution in [1.29, 1.82) is 0 Å². The van der Waals surface area contributed by atoms with Crippen LogP contribution in [-0.4, -0.2) is 29.2 Å². The van der Waals surface area contributed by atoms with Crippen molar-refractivity contribution in [2.75, 3.05) is 17.7 Å². The Morgan fingerprint density at radius 2 is 1.93 bits per heavy atom. The molecule has 3 aromatic rings. The van der Waals surface area contributed by atoms with E-state index in [-0.39, 0.29) is 18.3 Å². The molecule has 0 aliphatic carbocycles. The molecule has 0 bridgehead atoms. The van der Waals surface area contributed by atoms with Gasteiger partial charge in [-0.3, -0.25) is 4.79 Å². The van der Waals surface area contributed by atoms with Crippen molar-refractivity contribution in [2.45, 2.75) is 12.1 Å². The Morgan fingerprint density at radius 1 is 1.18 bits per heavy atom. The second-order valence-corrected chi connectivity index (χ2v) is 7.44. The third-order valence-corrected chi connectivity index (χ3v) is 5.01. The van der Waals surface area contributed by atoms with Crippen molar-refractivity contribution < 1.29 is 18.7 Å². The predicted octanol–water partition coefficient (Wildman–Crippen LogP) is 5.01. The summed E-state index contributed by atoms with van der Waals surface area (Å²) in [7, 11) is 0. The van der Waals surface area contributed by atoms with Gasteiger partial charge in [0.15, 0.2) is 5.76 Å². The molecule has 1 aromatic heterocycles. The summed E-state index contributed by atoms with van der Waals surface area (Å²) in [5, 5.41) is 3.12. The molecule has 1 amide bonds. The lowest BCUT2D eigenvalue weighted by Crippen LogP contribution is -2.17. The fourth-order valence-corrected chi connectivity index (χ4v) is 3.23. The van der Waals surface area contributed by atoms with E-state index in [0.29, 0.717) is 22.2 Å². The average Bonchev–Trinajstić information content (AvgIpc) is 3.16. The zero-order valence-electron chi connectivity index (χ0n) is 15.0. The zero-order chi connectivity index (χ0) is 19.9. The Bertz CT molecular complexity index is 972. The largest absolute Gasteiger partial charge is 0.462 e. The minimum absolute atomic E-state index is 0.0947. The number of anilines is 1. The van der Waals surface area contributed by atoms with E-state index in [2.05, 4.69) is 26.2 Å². The van der Waals surface area contributed by atoms with E-state index >= 15 is 0 Å². The van der Waals surface area contributed by atoms with E-state index in [4.69, 9.17) is 9.15 Å². The van der Waals surface area contributed by atoms with Gasteiger partial charge in [0.05, 0.1) is 29.8 Å². The van der Waals surface area contributed by atoms with E-state index in [0.717, 1.165) is 10.0 Å². The Hall–Kier alpha value is -2.58. The minimum Gasteiger partial charge on any atom is -0.462 e. The van der Waals surface area contributed by atoms with Crippen LogP contribution in [0.1, 0.15) is 17.3 Å². The number of amides is 1. The lowest BCUT2D eigenvalue weighted by atomic mass is 10.2. The molecule has 0 radical (unpaired) electrons. The first-order chi connectivity index (χ1) is 13.6. The molecule has 0 atom stereocenters.